The highest BCUT2D eigenvalue weighted by molar-refractivity contribution is 6.03. The van der Waals surface area contributed by atoms with E-state index < -0.39 is 23.5 Å². The number of nitrogens with one attached hydrogen (secondary N) is 2. The van der Waals surface area contributed by atoms with E-state index in [9.17, 15) is 22.4 Å². The number of hydrogen-bond acceptors (Lipinski definition) is 2. The zero-order valence-corrected chi connectivity index (χ0v) is 11.8. The summed E-state index contributed by atoms with van der Waals surface area (Å²) in [5.74, 6) is -1.95. The third kappa shape index (κ3) is 3.85. The summed E-state index contributed by atoms with van der Waals surface area (Å²) >= 11 is 0. The van der Waals surface area contributed by atoms with Gasteiger partial charge in [-0.1, -0.05) is 6.58 Å². The Balaban J connectivity index is 2.05. The van der Waals surface area contributed by atoms with Crippen LogP contribution in [0.1, 0.15) is 18.4 Å². The third-order valence-corrected chi connectivity index (χ3v) is 3.61. The SMILES string of the molecule is C=C(C(=O)Nc1ccc(C(F)(F)F)c(F)c1)[C@H]1CCCNC1. The number of hydrogen-bond donors (Lipinski definition) is 2. The van der Waals surface area contributed by atoms with E-state index in [4.69, 9.17) is 0 Å². The van der Waals surface area contributed by atoms with Crippen molar-refractivity contribution in [1.82, 2.24) is 5.32 Å². The van der Waals surface area contributed by atoms with Crippen LogP contribution < -0.4 is 10.6 Å². The Morgan fingerprint density at radius 2 is 2.09 bits per heavy atom. The van der Waals surface area contributed by atoms with Gasteiger partial charge in [-0.05, 0) is 37.6 Å². The van der Waals surface area contributed by atoms with Crippen molar-refractivity contribution in [2.24, 2.45) is 5.92 Å². The van der Waals surface area contributed by atoms with E-state index in [-0.39, 0.29) is 11.6 Å². The molecule has 1 aromatic rings. The van der Waals surface area contributed by atoms with E-state index in [1.165, 1.54) is 0 Å². The van der Waals surface area contributed by atoms with Crippen molar-refractivity contribution >= 4 is 11.6 Å². The summed E-state index contributed by atoms with van der Waals surface area (Å²) in [6, 6.07) is 2.29. The Bertz CT molecular complexity index is 577. The first kappa shape index (κ1) is 16.5. The number of anilines is 1. The fraction of sp³-hybridized carbons (Fsp3) is 0.400. The van der Waals surface area contributed by atoms with Gasteiger partial charge >= 0.3 is 6.18 Å². The van der Waals surface area contributed by atoms with Crippen LogP contribution in [-0.2, 0) is 11.0 Å². The average Bonchev–Trinajstić information content (AvgIpc) is 2.46. The second-order valence-electron chi connectivity index (χ2n) is 5.22. The van der Waals surface area contributed by atoms with Gasteiger partial charge in [0.25, 0.3) is 5.91 Å². The monoisotopic (exact) mass is 316 g/mol. The van der Waals surface area contributed by atoms with Crippen LogP contribution in [0.25, 0.3) is 0 Å². The van der Waals surface area contributed by atoms with Gasteiger partial charge in [0.05, 0.1) is 5.56 Å². The van der Waals surface area contributed by atoms with Crippen molar-refractivity contribution < 1.29 is 22.4 Å². The van der Waals surface area contributed by atoms with Crippen LogP contribution >= 0.6 is 0 Å². The third-order valence-electron chi connectivity index (χ3n) is 3.61. The summed E-state index contributed by atoms with van der Waals surface area (Å²) in [4.78, 5) is 12.0. The van der Waals surface area contributed by atoms with Gasteiger partial charge in [0.1, 0.15) is 5.82 Å². The molecule has 1 fully saturated rings. The second kappa shape index (κ2) is 6.48. The number of carbonyl (C=O) groups is 1. The number of rotatable bonds is 3. The topological polar surface area (TPSA) is 41.1 Å². The average molecular weight is 316 g/mol. The van der Waals surface area contributed by atoms with E-state index in [1.54, 1.807) is 0 Å². The molecule has 0 spiro atoms. The van der Waals surface area contributed by atoms with Crippen LogP contribution in [-0.4, -0.2) is 19.0 Å². The molecule has 1 amide bonds. The highest BCUT2D eigenvalue weighted by Gasteiger charge is 2.34. The molecule has 0 aromatic heterocycles. The fourth-order valence-corrected chi connectivity index (χ4v) is 2.37. The predicted molar refractivity (Wildman–Crippen MR) is 74.8 cm³/mol. The first-order chi connectivity index (χ1) is 10.3. The number of piperidine rings is 1. The molecule has 1 heterocycles. The molecule has 1 aliphatic rings. The summed E-state index contributed by atoms with van der Waals surface area (Å²) in [6.45, 7) is 5.24. The smallest absolute Gasteiger partial charge is 0.322 e. The van der Waals surface area contributed by atoms with Gasteiger partial charge < -0.3 is 10.6 Å². The van der Waals surface area contributed by atoms with E-state index in [2.05, 4.69) is 17.2 Å². The molecule has 1 aromatic carbocycles. The summed E-state index contributed by atoms with van der Waals surface area (Å²) in [5.41, 5.74) is -1.05. The van der Waals surface area contributed by atoms with Crippen LogP contribution in [0.5, 0.6) is 0 Å². The minimum Gasteiger partial charge on any atom is -0.322 e. The maximum atomic E-state index is 13.4. The molecule has 1 saturated heterocycles. The zero-order chi connectivity index (χ0) is 16.3. The highest BCUT2D eigenvalue weighted by atomic mass is 19.4. The standard InChI is InChI=1S/C15H16F4N2O/c1-9(10-3-2-6-20-8-10)14(22)21-11-4-5-12(13(16)7-11)15(17,18)19/h4-5,7,10,20H,1-3,6,8H2,(H,21,22)/t10-/m0/s1. The van der Waals surface area contributed by atoms with Gasteiger partial charge in [0.2, 0.25) is 0 Å². The van der Waals surface area contributed by atoms with Crippen LogP contribution in [0.2, 0.25) is 0 Å². The van der Waals surface area contributed by atoms with Crippen molar-refractivity contribution in [2.45, 2.75) is 19.0 Å². The van der Waals surface area contributed by atoms with Crippen LogP contribution in [0, 0.1) is 11.7 Å². The van der Waals surface area contributed by atoms with Gasteiger partial charge in [-0.3, -0.25) is 4.79 Å². The Morgan fingerprint density at radius 1 is 1.36 bits per heavy atom. The number of carbonyl (C=O) groups excluding carboxylic acids is 1. The lowest BCUT2D eigenvalue weighted by molar-refractivity contribution is -0.139. The van der Waals surface area contributed by atoms with Gasteiger partial charge in [0.15, 0.2) is 0 Å². The molecule has 0 aliphatic carbocycles. The molecule has 7 heteroatoms. The molecule has 3 nitrogen and oxygen atoms in total. The van der Waals surface area contributed by atoms with Crippen molar-refractivity contribution in [3.8, 4) is 0 Å². The van der Waals surface area contributed by atoms with Gasteiger partial charge in [-0.2, -0.15) is 13.2 Å². The summed E-state index contributed by atoms with van der Waals surface area (Å²) < 4.78 is 50.8. The molecule has 2 N–H and O–H groups in total. The Labute approximate surface area is 125 Å². The molecule has 1 atom stereocenters. The fourth-order valence-electron chi connectivity index (χ4n) is 2.37. The normalized spacial score (nSPS) is 18.8. The highest BCUT2D eigenvalue weighted by Crippen LogP contribution is 2.32. The molecule has 2 rings (SSSR count). The van der Waals surface area contributed by atoms with Crippen molar-refractivity contribution in [3.05, 3.63) is 41.7 Å². The molecule has 22 heavy (non-hydrogen) atoms. The molecule has 120 valence electrons. The number of benzene rings is 1. The molecular formula is C15H16F4N2O. The molecule has 0 radical (unpaired) electrons. The van der Waals surface area contributed by atoms with Crippen molar-refractivity contribution in [3.63, 3.8) is 0 Å². The lowest BCUT2D eigenvalue weighted by atomic mass is 9.92. The maximum absolute atomic E-state index is 13.4. The Kier molecular flexibility index (Phi) is 4.85. The first-order valence-electron chi connectivity index (χ1n) is 6.86. The van der Waals surface area contributed by atoms with Crippen LogP contribution in [0.3, 0.4) is 0 Å². The summed E-state index contributed by atoms with van der Waals surface area (Å²) in [7, 11) is 0. The Morgan fingerprint density at radius 3 is 2.64 bits per heavy atom. The first-order valence-corrected chi connectivity index (χ1v) is 6.86. The van der Waals surface area contributed by atoms with Gasteiger partial charge in [-0.25, -0.2) is 4.39 Å². The summed E-state index contributed by atoms with van der Waals surface area (Å²) in [6.07, 6.45) is -3.02. The van der Waals surface area contributed by atoms with Crippen molar-refractivity contribution in [2.75, 3.05) is 18.4 Å². The second-order valence-corrected chi connectivity index (χ2v) is 5.22. The van der Waals surface area contributed by atoms with Gasteiger partial charge in [-0.15, -0.1) is 0 Å². The number of halogens is 4. The minimum atomic E-state index is -4.76. The van der Waals surface area contributed by atoms with Gasteiger partial charge in [0, 0.05) is 23.7 Å². The molecular weight excluding hydrogens is 300 g/mol. The molecule has 0 unspecified atom stereocenters. The summed E-state index contributed by atoms with van der Waals surface area (Å²) in [5, 5.41) is 5.53. The quantitative estimate of drug-likeness (QED) is 0.663. The van der Waals surface area contributed by atoms with Crippen LogP contribution in [0.4, 0.5) is 23.2 Å². The minimum absolute atomic E-state index is 0.0203. The molecule has 0 bridgehead atoms. The lowest BCUT2D eigenvalue weighted by Gasteiger charge is -2.24. The number of amides is 1. The van der Waals surface area contributed by atoms with E-state index in [0.717, 1.165) is 25.5 Å². The lowest BCUT2D eigenvalue weighted by Crippen LogP contribution is -2.33. The van der Waals surface area contributed by atoms with Crippen molar-refractivity contribution in [1.29, 1.82) is 0 Å². The zero-order valence-electron chi connectivity index (χ0n) is 11.8. The largest absolute Gasteiger partial charge is 0.419 e. The predicted octanol–water partition coefficient (Wildman–Crippen LogP) is 3.34. The molecule has 0 saturated carbocycles. The molecule has 1 aliphatic heterocycles. The van der Waals surface area contributed by atoms with Crippen LogP contribution in [0.15, 0.2) is 30.4 Å². The Hall–Kier alpha value is -1.89. The number of alkyl halides is 3. The maximum Gasteiger partial charge on any atom is 0.419 e. The van der Waals surface area contributed by atoms with E-state index in [1.807, 2.05) is 0 Å². The van der Waals surface area contributed by atoms with E-state index in [0.29, 0.717) is 24.3 Å². The van der Waals surface area contributed by atoms with E-state index >= 15 is 0 Å².